The van der Waals surface area contributed by atoms with E-state index in [0.29, 0.717) is 18.3 Å². The van der Waals surface area contributed by atoms with Crippen molar-refractivity contribution in [1.82, 2.24) is 0 Å². The van der Waals surface area contributed by atoms with Crippen LogP contribution in [0.5, 0.6) is 0 Å². The van der Waals surface area contributed by atoms with Crippen LogP contribution in [0.1, 0.15) is 44.3 Å². The summed E-state index contributed by atoms with van der Waals surface area (Å²) in [6, 6.07) is 9.95. The van der Waals surface area contributed by atoms with Gasteiger partial charge in [-0.3, -0.25) is 4.79 Å². The van der Waals surface area contributed by atoms with Crippen LogP contribution < -0.4 is 0 Å². The van der Waals surface area contributed by atoms with Crippen molar-refractivity contribution in [2.24, 2.45) is 17.8 Å². The molecule has 1 aromatic carbocycles. The van der Waals surface area contributed by atoms with Gasteiger partial charge in [0.15, 0.2) is 5.78 Å². The molecular formula is C17H22O2. The first-order valence-electron chi connectivity index (χ1n) is 7.50. The molecular weight excluding hydrogens is 236 g/mol. The van der Waals surface area contributed by atoms with Crippen molar-refractivity contribution in [3.8, 4) is 0 Å². The number of carbonyl (C=O) groups excluding carboxylic acids is 1. The number of hydrogen-bond acceptors (Lipinski definition) is 2. The summed E-state index contributed by atoms with van der Waals surface area (Å²) >= 11 is 0. The zero-order valence-corrected chi connectivity index (χ0v) is 11.5. The van der Waals surface area contributed by atoms with Crippen molar-refractivity contribution in [2.75, 3.05) is 6.61 Å². The second kappa shape index (κ2) is 5.46. The average molecular weight is 258 g/mol. The molecule has 2 fully saturated rings. The maximum atomic E-state index is 12.8. The summed E-state index contributed by atoms with van der Waals surface area (Å²) in [7, 11) is 0. The lowest BCUT2D eigenvalue weighted by atomic mass is 9.82. The third kappa shape index (κ3) is 2.46. The van der Waals surface area contributed by atoms with Crippen LogP contribution in [0.25, 0.3) is 0 Å². The number of fused-ring (bicyclic) bond motifs is 2. The lowest BCUT2D eigenvalue weighted by Gasteiger charge is -2.25. The number of carbonyl (C=O) groups is 1. The molecule has 2 heteroatoms. The van der Waals surface area contributed by atoms with Crippen LogP contribution in [0.15, 0.2) is 30.3 Å². The van der Waals surface area contributed by atoms with E-state index in [0.717, 1.165) is 17.9 Å². The van der Waals surface area contributed by atoms with Crippen molar-refractivity contribution in [1.29, 1.82) is 0 Å². The summed E-state index contributed by atoms with van der Waals surface area (Å²) < 4.78 is 5.76. The minimum Gasteiger partial charge on any atom is -0.366 e. The monoisotopic (exact) mass is 258 g/mol. The van der Waals surface area contributed by atoms with Crippen molar-refractivity contribution in [3.05, 3.63) is 35.9 Å². The molecule has 102 valence electrons. The molecule has 4 unspecified atom stereocenters. The van der Waals surface area contributed by atoms with Gasteiger partial charge in [0.25, 0.3) is 0 Å². The maximum Gasteiger partial charge on any atom is 0.169 e. The van der Waals surface area contributed by atoms with Crippen LogP contribution >= 0.6 is 0 Å². The molecule has 3 rings (SSSR count). The normalized spacial score (nSPS) is 30.5. The molecule has 0 N–H and O–H groups in total. The fourth-order valence-electron chi connectivity index (χ4n) is 3.92. The summed E-state index contributed by atoms with van der Waals surface area (Å²) in [4.78, 5) is 12.8. The highest BCUT2D eigenvalue weighted by molar-refractivity contribution is 5.87. The zero-order valence-electron chi connectivity index (χ0n) is 11.5. The molecule has 2 saturated carbocycles. The van der Waals surface area contributed by atoms with Crippen LogP contribution in [0, 0.1) is 17.8 Å². The minimum absolute atomic E-state index is 0.246. The SMILES string of the molecule is CCOC(C(=O)C1CC2CCC1C2)c1ccccc1. The number of ether oxygens (including phenoxy) is 1. The summed E-state index contributed by atoms with van der Waals surface area (Å²) in [5.74, 6) is 2.00. The maximum absolute atomic E-state index is 12.8. The van der Waals surface area contributed by atoms with Gasteiger partial charge in [-0.1, -0.05) is 36.8 Å². The van der Waals surface area contributed by atoms with E-state index in [1.807, 2.05) is 37.3 Å². The van der Waals surface area contributed by atoms with Crippen LogP contribution in [-0.4, -0.2) is 12.4 Å². The van der Waals surface area contributed by atoms with Crippen molar-refractivity contribution in [2.45, 2.75) is 38.7 Å². The summed E-state index contributed by atoms with van der Waals surface area (Å²) in [5.41, 5.74) is 1.01. The van der Waals surface area contributed by atoms with Gasteiger partial charge >= 0.3 is 0 Å². The second-order valence-electron chi connectivity index (χ2n) is 5.93. The molecule has 0 amide bonds. The fraction of sp³-hybridized carbons (Fsp3) is 0.588. The van der Waals surface area contributed by atoms with Gasteiger partial charge in [-0.25, -0.2) is 0 Å². The number of hydrogen-bond donors (Lipinski definition) is 0. The van der Waals surface area contributed by atoms with E-state index in [2.05, 4.69) is 0 Å². The standard InChI is InChI=1S/C17H22O2/c1-2-19-17(13-6-4-3-5-7-13)16(18)15-11-12-8-9-14(15)10-12/h3-7,12,14-15,17H,2,8-11H2,1H3. The summed E-state index contributed by atoms with van der Waals surface area (Å²) in [6.07, 6.45) is 4.59. The largest absolute Gasteiger partial charge is 0.366 e. The van der Waals surface area contributed by atoms with E-state index in [1.54, 1.807) is 0 Å². The average Bonchev–Trinajstić information content (AvgIpc) is 3.07. The Hall–Kier alpha value is -1.15. The van der Waals surface area contributed by atoms with Gasteiger partial charge < -0.3 is 4.74 Å². The summed E-state index contributed by atoms with van der Waals surface area (Å²) in [5, 5.41) is 0. The summed E-state index contributed by atoms with van der Waals surface area (Å²) in [6.45, 7) is 2.55. The Balaban J connectivity index is 1.78. The molecule has 4 atom stereocenters. The lowest BCUT2D eigenvalue weighted by Crippen LogP contribution is -2.28. The van der Waals surface area contributed by atoms with Gasteiger partial charge in [0.05, 0.1) is 0 Å². The fourth-order valence-corrected chi connectivity index (χ4v) is 3.92. The molecule has 0 aromatic heterocycles. The van der Waals surface area contributed by atoms with E-state index in [-0.39, 0.29) is 12.0 Å². The Morgan fingerprint density at radius 3 is 2.63 bits per heavy atom. The van der Waals surface area contributed by atoms with Crippen LogP contribution in [0.4, 0.5) is 0 Å². The molecule has 0 radical (unpaired) electrons. The molecule has 0 saturated heterocycles. The predicted octanol–water partition coefficient (Wildman–Crippen LogP) is 3.77. The van der Waals surface area contributed by atoms with Crippen molar-refractivity contribution in [3.63, 3.8) is 0 Å². The first kappa shape index (κ1) is 12.9. The van der Waals surface area contributed by atoms with Gasteiger partial charge in [0.2, 0.25) is 0 Å². The van der Waals surface area contributed by atoms with Gasteiger partial charge in [0.1, 0.15) is 6.10 Å². The Morgan fingerprint density at radius 1 is 1.26 bits per heavy atom. The van der Waals surface area contributed by atoms with E-state index < -0.39 is 0 Å². The number of benzene rings is 1. The Labute approximate surface area is 115 Å². The number of rotatable bonds is 5. The van der Waals surface area contributed by atoms with Gasteiger partial charge in [-0.2, -0.15) is 0 Å². The highest BCUT2D eigenvalue weighted by atomic mass is 16.5. The predicted molar refractivity (Wildman–Crippen MR) is 74.8 cm³/mol. The van der Waals surface area contributed by atoms with Gasteiger partial charge in [-0.05, 0) is 43.6 Å². The van der Waals surface area contributed by atoms with Crippen molar-refractivity contribution < 1.29 is 9.53 Å². The quantitative estimate of drug-likeness (QED) is 0.803. The third-order valence-electron chi connectivity index (χ3n) is 4.80. The topological polar surface area (TPSA) is 26.3 Å². The molecule has 2 aliphatic carbocycles. The first-order chi connectivity index (χ1) is 9.29. The molecule has 2 bridgehead atoms. The minimum atomic E-state index is -0.351. The van der Waals surface area contributed by atoms with Crippen LogP contribution in [0.2, 0.25) is 0 Å². The van der Waals surface area contributed by atoms with E-state index in [9.17, 15) is 4.79 Å². The van der Waals surface area contributed by atoms with E-state index in [4.69, 9.17) is 4.74 Å². The van der Waals surface area contributed by atoms with Gasteiger partial charge in [0, 0.05) is 12.5 Å². The molecule has 2 aliphatic rings. The first-order valence-corrected chi connectivity index (χ1v) is 7.50. The molecule has 2 nitrogen and oxygen atoms in total. The Kier molecular flexibility index (Phi) is 3.69. The molecule has 0 heterocycles. The van der Waals surface area contributed by atoms with Crippen molar-refractivity contribution >= 4 is 5.78 Å². The van der Waals surface area contributed by atoms with E-state index in [1.165, 1.54) is 19.3 Å². The smallest absolute Gasteiger partial charge is 0.169 e. The number of Topliss-reactive ketones (excluding diaryl/α,β-unsaturated/α-hetero) is 1. The molecule has 0 spiro atoms. The lowest BCUT2D eigenvalue weighted by molar-refractivity contribution is -0.136. The number of ketones is 1. The highest BCUT2D eigenvalue weighted by Gasteiger charge is 2.45. The molecule has 19 heavy (non-hydrogen) atoms. The third-order valence-corrected chi connectivity index (χ3v) is 4.80. The Bertz CT molecular complexity index is 440. The van der Waals surface area contributed by atoms with Crippen LogP contribution in [-0.2, 0) is 9.53 Å². The van der Waals surface area contributed by atoms with Crippen LogP contribution in [0.3, 0.4) is 0 Å². The molecule has 1 aromatic rings. The van der Waals surface area contributed by atoms with E-state index >= 15 is 0 Å². The zero-order chi connectivity index (χ0) is 13.2. The van der Waals surface area contributed by atoms with Gasteiger partial charge in [-0.15, -0.1) is 0 Å². The Morgan fingerprint density at radius 2 is 2.05 bits per heavy atom. The second-order valence-corrected chi connectivity index (χ2v) is 5.93. The molecule has 0 aliphatic heterocycles. The highest BCUT2D eigenvalue weighted by Crippen LogP contribution is 2.50.